The summed E-state index contributed by atoms with van der Waals surface area (Å²) in [6.07, 6.45) is 2.43. The molecule has 14 heavy (non-hydrogen) atoms. The van der Waals surface area contributed by atoms with E-state index in [1.54, 1.807) is 0 Å². The third-order valence-electron chi connectivity index (χ3n) is 2.76. The average Bonchev–Trinajstić information content (AvgIpc) is 2.14. The van der Waals surface area contributed by atoms with Gasteiger partial charge in [0, 0.05) is 18.7 Å². The Morgan fingerprint density at radius 3 is 2.79 bits per heavy atom. The van der Waals surface area contributed by atoms with E-state index in [9.17, 15) is 0 Å². The molecule has 0 aromatic rings. The molecular formula is C11H20N2O. The van der Waals surface area contributed by atoms with E-state index in [4.69, 9.17) is 10.5 Å². The van der Waals surface area contributed by atoms with Gasteiger partial charge in [0.1, 0.15) is 0 Å². The number of hydrogen-bond donors (Lipinski definition) is 2. The van der Waals surface area contributed by atoms with Gasteiger partial charge in [-0.15, -0.1) is 5.92 Å². The quantitative estimate of drug-likeness (QED) is 0.629. The van der Waals surface area contributed by atoms with Gasteiger partial charge in [0.15, 0.2) is 0 Å². The SMILES string of the molecule is CC#CCNC1(CN)CC(OCC)C1. The van der Waals surface area contributed by atoms with Gasteiger partial charge in [-0.05, 0) is 26.7 Å². The molecule has 0 aliphatic heterocycles. The summed E-state index contributed by atoms with van der Waals surface area (Å²) in [6.45, 7) is 6.06. The molecule has 80 valence electrons. The lowest BCUT2D eigenvalue weighted by atomic mass is 9.74. The Kier molecular flexibility index (Phi) is 4.40. The van der Waals surface area contributed by atoms with E-state index >= 15 is 0 Å². The molecular weight excluding hydrogens is 176 g/mol. The highest BCUT2D eigenvalue weighted by Gasteiger charge is 2.43. The third-order valence-corrected chi connectivity index (χ3v) is 2.76. The predicted octanol–water partition coefficient (Wildman–Crippen LogP) is 0.496. The van der Waals surface area contributed by atoms with E-state index in [-0.39, 0.29) is 5.54 Å². The summed E-state index contributed by atoms with van der Waals surface area (Å²) in [5, 5.41) is 3.39. The van der Waals surface area contributed by atoms with Gasteiger partial charge in [-0.2, -0.15) is 0 Å². The molecule has 0 heterocycles. The Hall–Kier alpha value is -0.560. The third kappa shape index (κ3) is 2.71. The van der Waals surface area contributed by atoms with Crippen LogP contribution < -0.4 is 11.1 Å². The minimum absolute atomic E-state index is 0.0870. The van der Waals surface area contributed by atoms with Crippen LogP contribution in [0.15, 0.2) is 0 Å². The Balaban J connectivity index is 2.28. The second-order valence-corrected chi connectivity index (χ2v) is 3.75. The number of nitrogens with two attached hydrogens (primary N) is 1. The van der Waals surface area contributed by atoms with Crippen molar-refractivity contribution >= 4 is 0 Å². The first kappa shape index (κ1) is 11.5. The summed E-state index contributed by atoms with van der Waals surface area (Å²) in [7, 11) is 0. The molecule has 3 nitrogen and oxygen atoms in total. The monoisotopic (exact) mass is 196 g/mol. The lowest BCUT2D eigenvalue weighted by molar-refractivity contribution is -0.0461. The first-order chi connectivity index (χ1) is 6.76. The topological polar surface area (TPSA) is 47.3 Å². The van der Waals surface area contributed by atoms with E-state index in [1.165, 1.54) is 0 Å². The number of ether oxygens (including phenoxy) is 1. The fraction of sp³-hybridized carbons (Fsp3) is 0.818. The van der Waals surface area contributed by atoms with Gasteiger partial charge in [-0.3, -0.25) is 5.32 Å². The van der Waals surface area contributed by atoms with E-state index in [0.29, 0.717) is 12.6 Å². The first-order valence-corrected chi connectivity index (χ1v) is 5.22. The van der Waals surface area contributed by atoms with Crippen LogP contribution in [0.3, 0.4) is 0 Å². The highest BCUT2D eigenvalue weighted by molar-refractivity contribution is 5.07. The highest BCUT2D eigenvalue weighted by atomic mass is 16.5. The molecule has 1 rings (SSSR count). The van der Waals surface area contributed by atoms with Crippen molar-refractivity contribution in [3.8, 4) is 11.8 Å². The standard InChI is InChI=1S/C11H20N2O/c1-3-5-6-13-11(9-12)7-10(8-11)14-4-2/h10,13H,4,6-9,12H2,1-2H3. The van der Waals surface area contributed by atoms with Gasteiger partial charge in [0.25, 0.3) is 0 Å². The molecule has 0 aromatic heterocycles. The molecule has 0 amide bonds. The van der Waals surface area contributed by atoms with E-state index in [2.05, 4.69) is 17.2 Å². The molecule has 0 saturated heterocycles. The normalized spacial score (nSPS) is 30.4. The van der Waals surface area contributed by atoms with E-state index in [1.807, 2.05) is 13.8 Å². The van der Waals surface area contributed by atoms with Crippen molar-refractivity contribution in [2.24, 2.45) is 5.73 Å². The molecule has 0 bridgehead atoms. The van der Waals surface area contributed by atoms with Crippen molar-refractivity contribution in [1.82, 2.24) is 5.32 Å². The summed E-state index contributed by atoms with van der Waals surface area (Å²) in [5.74, 6) is 5.86. The first-order valence-electron chi connectivity index (χ1n) is 5.22. The molecule has 0 atom stereocenters. The molecule has 0 radical (unpaired) electrons. The maximum Gasteiger partial charge on any atom is 0.0611 e. The fourth-order valence-electron chi connectivity index (χ4n) is 1.87. The maximum atomic E-state index is 5.74. The zero-order valence-electron chi connectivity index (χ0n) is 9.10. The lowest BCUT2D eigenvalue weighted by Crippen LogP contribution is -2.62. The van der Waals surface area contributed by atoms with Crippen LogP contribution in [0.5, 0.6) is 0 Å². The molecule has 0 aromatic carbocycles. The summed E-state index contributed by atoms with van der Waals surface area (Å²) >= 11 is 0. The predicted molar refractivity (Wildman–Crippen MR) is 57.9 cm³/mol. The van der Waals surface area contributed by atoms with Gasteiger partial charge < -0.3 is 10.5 Å². The molecule has 0 unspecified atom stereocenters. The molecule has 1 aliphatic carbocycles. The summed E-state index contributed by atoms with van der Waals surface area (Å²) < 4.78 is 5.51. The molecule has 1 saturated carbocycles. The van der Waals surface area contributed by atoms with Crippen LogP contribution in [0, 0.1) is 11.8 Å². The van der Waals surface area contributed by atoms with Crippen LogP contribution >= 0.6 is 0 Å². The molecule has 0 spiro atoms. The number of hydrogen-bond acceptors (Lipinski definition) is 3. The van der Waals surface area contributed by atoms with Gasteiger partial charge in [0.2, 0.25) is 0 Å². The lowest BCUT2D eigenvalue weighted by Gasteiger charge is -2.47. The largest absolute Gasteiger partial charge is 0.378 e. The van der Waals surface area contributed by atoms with Gasteiger partial charge in [0.05, 0.1) is 12.6 Å². The molecule has 1 aliphatic rings. The number of rotatable bonds is 5. The Bertz CT molecular complexity index is 223. The van der Waals surface area contributed by atoms with Crippen LogP contribution in [0.4, 0.5) is 0 Å². The van der Waals surface area contributed by atoms with Crippen LogP contribution in [0.25, 0.3) is 0 Å². The fourth-order valence-corrected chi connectivity index (χ4v) is 1.87. The van der Waals surface area contributed by atoms with E-state index < -0.39 is 0 Å². The highest BCUT2D eigenvalue weighted by Crippen LogP contribution is 2.33. The maximum absolute atomic E-state index is 5.74. The van der Waals surface area contributed by atoms with Crippen molar-refractivity contribution in [3.05, 3.63) is 0 Å². The van der Waals surface area contributed by atoms with Gasteiger partial charge in [-0.25, -0.2) is 0 Å². The van der Waals surface area contributed by atoms with E-state index in [0.717, 1.165) is 26.0 Å². The zero-order chi connectivity index (χ0) is 10.4. The van der Waals surface area contributed by atoms with Crippen molar-refractivity contribution in [1.29, 1.82) is 0 Å². The number of nitrogens with one attached hydrogen (secondary N) is 1. The van der Waals surface area contributed by atoms with Crippen molar-refractivity contribution in [3.63, 3.8) is 0 Å². The minimum atomic E-state index is 0.0870. The molecule has 3 N–H and O–H groups in total. The van der Waals surface area contributed by atoms with Crippen molar-refractivity contribution < 1.29 is 4.74 Å². The van der Waals surface area contributed by atoms with Crippen LogP contribution in [-0.4, -0.2) is 31.3 Å². The van der Waals surface area contributed by atoms with Crippen LogP contribution in [0.1, 0.15) is 26.7 Å². The second-order valence-electron chi connectivity index (χ2n) is 3.75. The van der Waals surface area contributed by atoms with Crippen LogP contribution in [-0.2, 0) is 4.74 Å². The minimum Gasteiger partial charge on any atom is -0.378 e. The second kappa shape index (κ2) is 5.35. The Morgan fingerprint density at radius 1 is 1.57 bits per heavy atom. The summed E-state index contributed by atoms with van der Waals surface area (Å²) in [4.78, 5) is 0. The van der Waals surface area contributed by atoms with Crippen LogP contribution in [0.2, 0.25) is 0 Å². The van der Waals surface area contributed by atoms with Crippen molar-refractivity contribution in [2.75, 3.05) is 19.7 Å². The summed E-state index contributed by atoms with van der Waals surface area (Å²) in [5.41, 5.74) is 5.83. The Labute approximate surface area is 86.4 Å². The molecule has 1 fully saturated rings. The van der Waals surface area contributed by atoms with Gasteiger partial charge >= 0.3 is 0 Å². The van der Waals surface area contributed by atoms with Gasteiger partial charge in [-0.1, -0.05) is 5.92 Å². The smallest absolute Gasteiger partial charge is 0.0611 e. The summed E-state index contributed by atoms with van der Waals surface area (Å²) in [6, 6.07) is 0. The van der Waals surface area contributed by atoms with Crippen molar-refractivity contribution in [2.45, 2.75) is 38.3 Å². The molecule has 3 heteroatoms. The zero-order valence-corrected chi connectivity index (χ0v) is 9.10. The average molecular weight is 196 g/mol. The Morgan fingerprint density at radius 2 is 2.29 bits per heavy atom.